The van der Waals surface area contributed by atoms with Crippen molar-refractivity contribution in [1.29, 1.82) is 0 Å². The minimum absolute atomic E-state index is 0.0663. The number of aryl methyl sites for hydroxylation is 1. The third-order valence-corrected chi connectivity index (χ3v) is 3.31. The van der Waals surface area contributed by atoms with Crippen molar-refractivity contribution in [1.82, 2.24) is 0 Å². The highest BCUT2D eigenvalue weighted by Gasteiger charge is 2.31. The first-order chi connectivity index (χ1) is 9.54. The van der Waals surface area contributed by atoms with Crippen LogP contribution in [0.25, 0.3) is 0 Å². The van der Waals surface area contributed by atoms with E-state index in [0.717, 1.165) is 5.69 Å². The zero-order valence-electron chi connectivity index (χ0n) is 11.4. The van der Waals surface area contributed by atoms with E-state index < -0.39 is 11.0 Å². The third-order valence-electron chi connectivity index (χ3n) is 3.31. The second kappa shape index (κ2) is 5.87. The molecule has 1 aromatic rings. The first-order valence-corrected chi connectivity index (χ1v) is 6.22. The average molecular weight is 280 g/mol. The molecule has 1 heterocycles. The van der Waals surface area contributed by atoms with Crippen LogP contribution in [-0.4, -0.2) is 43.8 Å². The quantitative estimate of drug-likeness (QED) is 0.471. The predicted molar refractivity (Wildman–Crippen MR) is 71.8 cm³/mol. The van der Waals surface area contributed by atoms with Gasteiger partial charge in [0.25, 0.3) is 5.69 Å². The fraction of sp³-hybridized carbons (Fsp3) is 0.462. The van der Waals surface area contributed by atoms with Gasteiger partial charge in [-0.05, 0) is 19.1 Å². The smallest absolute Gasteiger partial charge is 0.330 e. The number of carbonyl (C=O) groups excluding carboxylic acids is 1. The molecular weight excluding hydrogens is 264 g/mol. The standard InChI is InChI=1S/C13H16N2O5/c1-9-7-10(3-4-11(9)15(17)18)14-5-6-20-8-12(14)13(16)19-2/h3-4,7,12H,5-6,8H2,1-2H3. The topological polar surface area (TPSA) is 81.9 Å². The van der Waals surface area contributed by atoms with E-state index in [-0.39, 0.29) is 18.3 Å². The number of nitrogens with zero attached hydrogens (tertiary/aromatic N) is 2. The highest BCUT2D eigenvalue weighted by atomic mass is 16.6. The molecule has 1 fully saturated rings. The Morgan fingerprint density at radius 1 is 1.55 bits per heavy atom. The maximum absolute atomic E-state index is 11.8. The molecule has 108 valence electrons. The lowest BCUT2D eigenvalue weighted by molar-refractivity contribution is -0.385. The third kappa shape index (κ3) is 2.72. The summed E-state index contributed by atoms with van der Waals surface area (Å²) in [4.78, 5) is 24.0. The molecule has 0 bridgehead atoms. The van der Waals surface area contributed by atoms with Gasteiger partial charge in [0.15, 0.2) is 6.04 Å². The van der Waals surface area contributed by atoms with E-state index in [1.807, 2.05) is 4.90 Å². The van der Waals surface area contributed by atoms with Gasteiger partial charge < -0.3 is 14.4 Å². The predicted octanol–water partition coefficient (Wildman–Crippen LogP) is 1.28. The van der Waals surface area contributed by atoms with E-state index in [0.29, 0.717) is 18.7 Å². The van der Waals surface area contributed by atoms with Crippen molar-refractivity contribution in [2.24, 2.45) is 0 Å². The highest BCUT2D eigenvalue weighted by Crippen LogP contribution is 2.26. The van der Waals surface area contributed by atoms with E-state index in [4.69, 9.17) is 9.47 Å². The summed E-state index contributed by atoms with van der Waals surface area (Å²) in [5.41, 5.74) is 1.38. The molecule has 1 aliphatic heterocycles. The van der Waals surface area contributed by atoms with Crippen LogP contribution in [0.5, 0.6) is 0 Å². The van der Waals surface area contributed by atoms with Crippen molar-refractivity contribution in [3.05, 3.63) is 33.9 Å². The molecule has 0 spiro atoms. The number of nitro benzene ring substituents is 1. The molecule has 1 aliphatic rings. The first-order valence-electron chi connectivity index (χ1n) is 6.22. The van der Waals surface area contributed by atoms with Crippen molar-refractivity contribution >= 4 is 17.3 Å². The minimum atomic E-state index is -0.519. The summed E-state index contributed by atoms with van der Waals surface area (Å²) in [5, 5.41) is 10.8. The lowest BCUT2D eigenvalue weighted by Gasteiger charge is -2.35. The number of hydrogen-bond donors (Lipinski definition) is 0. The van der Waals surface area contributed by atoms with E-state index in [9.17, 15) is 14.9 Å². The summed E-state index contributed by atoms with van der Waals surface area (Å²) in [6, 6.07) is 4.29. The Morgan fingerprint density at radius 3 is 2.90 bits per heavy atom. The van der Waals surface area contributed by atoms with Crippen molar-refractivity contribution in [2.75, 3.05) is 31.8 Å². The normalized spacial score (nSPS) is 18.7. The second-order valence-corrected chi connectivity index (χ2v) is 4.54. The number of nitro groups is 1. The second-order valence-electron chi connectivity index (χ2n) is 4.54. The van der Waals surface area contributed by atoms with E-state index in [1.165, 1.54) is 13.2 Å². The highest BCUT2D eigenvalue weighted by molar-refractivity contribution is 5.80. The van der Waals surface area contributed by atoms with Gasteiger partial charge in [-0.25, -0.2) is 4.79 Å². The van der Waals surface area contributed by atoms with Crippen molar-refractivity contribution < 1.29 is 19.2 Å². The van der Waals surface area contributed by atoms with Crippen molar-refractivity contribution in [3.8, 4) is 0 Å². The number of esters is 1. The Labute approximate surface area is 116 Å². The number of hydrogen-bond acceptors (Lipinski definition) is 6. The summed E-state index contributed by atoms with van der Waals surface area (Å²) >= 11 is 0. The fourth-order valence-corrected chi connectivity index (χ4v) is 2.27. The molecule has 0 radical (unpaired) electrons. The molecular formula is C13H16N2O5. The number of carbonyl (C=O) groups is 1. The van der Waals surface area contributed by atoms with Crippen molar-refractivity contribution in [3.63, 3.8) is 0 Å². The molecule has 2 rings (SSSR count). The Bertz CT molecular complexity index is 531. The summed E-state index contributed by atoms with van der Waals surface area (Å²) in [5.74, 6) is -0.374. The van der Waals surface area contributed by atoms with Gasteiger partial charge in [0.1, 0.15) is 0 Å². The van der Waals surface area contributed by atoms with Crippen molar-refractivity contribution in [2.45, 2.75) is 13.0 Å². The van der Waals surface area contributed by atoms with Gasteiger partial charge in [-0.3, -0.25) is 10.1 Å². The molecule has 1 atom stereocenters. The maximum Gasteiger partial charge on any atom is 0.330 e. The minimum Gasteiger partial charge on any atom is -0.467 e. The van der Waals surface area contributed by atoms with Crippen LogP contribution < -0.4 is 4.90 Å². The summed E-state index contributed by atoms with van der Waals surface area (Å²) in [6.45, 7) is 2.97. The van der Waals surface area contributed by atoms with Gasteiger partial charge in [-0.1, -0.05) is 0 Å². The van der Waals surface area contributed by atoms with Gasteiger partial charge >= 0.3 is 5.97 Å². The Kier molecular flexibility index (Phi) is 4.19. The summed E-state index contributed by atoms with van der Waals surface area (Å²) < 4.78 is 10.1. The van der Waals surface area contributed by atoms with Gasteiger partial charge in [0, 0.05) is 23.9 Å². The van der Waals surface area contributed by atoms with Crippen LogP contribution in [0.4, 0.5) is 11.4 Å². The van der Waals surface area contributed by atoms with E-state index in [2.05, 4.69) is 0 Å². The van der Waals surface area contributed by atoms with Crippen LogP contribution >= 0.6 is 0 Å². The van der Waals surface area contributed by atoms with Crippen LogP contribution in [0.3, 0.4) is 0 Å². The molecule has 7 heteroatoms. The van der Waals surface area contributed by atoms with Crippen LogP contribution in [-0.2, 0) is 14.3 Å². The fourth-order valence-electron chi connectivity index (χ4n) is 2.27. The molecule has 0 amide bonds. The molecule has 7 nitrogen and oxygen atoms in total. The molecule has 1 aromatic carbocycles. The molecule has 1 unspecified atom stereocenters. The molecule has 0 N–H and O–H groups in total. The maximum atomic E-state index is 11.8. The van der Waals surface area contributed by atoms with E-state index >= 15 is 0 Å². The molecule has 0 aromatic heterocycles. The van der Waals surface area contributed by atoms with Gasteiger partial charge in [-0.15, -0.1) is 0 Å². The molecule has 1 saturated heterocycles. The van der Waals surface area contributed by atoms with Crippen LogP contribution in [0.2, 0.25) is 0 Å². The van der Waals surface area contributed by atoms with Crippen LogP contribution in [0.15, 0.2) is 18.2 Å². The lowest BCUT2D eigenvalue weighted by atomic mass is 10.1. The summed E-state index contributed by atoms with van der Waals surface area (Å²) in [6.07, 6.45) is 0. The first kappa shape index (κ1) is 14.3. The Morgan fingerprint density at radius 2 is 2.30 bits per heavy atom. The molecule has 0 aliphatic carbocycles. The monoisotopic (exact) mass is 280 g/mol. The summed E-state index contributed by atoms with van der Waals surface area (Å²) in [7, 11) is 1.33. The zero-order chi connectivity index (χ0) is 14.7. The van der Waals surface area contributed by atoms with Crippen LogP contribution in [0.1, 0.15) is 5.56 Å². The number of methoxy groups -OCH3 is 1. The number of rotatable bonds is 3. The van der Waals surface area contributed by atoms with E-state index in [1.54, 1.807) is 19.1 Å². The van der Waals surface area contributed by atoms with Gasteiger partial charge in [-0.2, -0.15) is 0 Å². The van der Waals surface area contributed by atoms with Crippen LogP contribution in [0, 0.1) is 17.0 Å². The number of anilines is 1. The number of morpholine rings is 1. The lowest BCUT2D eigenvalue weighted by Crippen LogP contribution is -2.50. The number of ether oxygens (including phenoxy) is 2. The molecule has 0 saturated carbocycles. The Hall–Kier alpha value is -2.15. The Balaban J connectivity index is 2.31. The van der Waals surface area contributed by atoms with Gasteiger partial charge in [0.05, 0.1) is 25.2 Å². The largest absolute Gasteiger partial charge is 0.467 e. The number of benzene rings is 1. The molecule has 20 heavy (non-hydrogen) atoms. The average Bonchev–Trinajstić information content (AvgIpc) is 2.46. The van der Waals surface area contributed by atoms with Gasteiger partial charge in [0.2, 0.25) is 0 Å². The zero-order valence-corrected chi connectivity index (χ0v) is 11.4. The SMILES string of the molecule is COC(=O)C1COCCN1c1ccc([N+](=O)[O-])c(C)c1.